The maximum absolute atomic E-state index is 5.72. The minimum Gasteiger partial charge on any atom is -0.377 e. The molecule has 1 rings (SSSR count). The van der Waals surface area contributed by atoms with Gasteiger partial charge < -0.3 is 10.1 Å². The van der Waals surface area contributed by atoms with Crippen LogP contribution in [0, 0.1) is 5.92 Å². The molecule has 0 saturated carbocycles. The summed E-state index contributed by atoms with van der Waals surface area (Å²) in [5, 5.41) is 3.36. The normalized spacial score (nSPS) is 11.1. The Bertz CT molecular complexity index is 310. The van der Waals surface area contributed by atoms with E-state index in [0.717, 1.165) is 32.7 Å². The Hall–Kier alpha value is -0.860. The summed E-state index contributed by atoms with van der Waals surface area (Å²) in [4.78, 5) is 0. The summed E-state index contributed by atoms with van der Waals surface area (Å²) in [7, 11) is 0. The predicted octanol–water partition coefficient (Wildman–Crippen LogP) is 3.36. The summed E-state index contributed by atoms with van der Waals surface area (Å²) in [6.07, 6.45) is 1.13. The molecule has 0 aromatic heterocycles. The molecule has 0 fully saturated rings. The molecular weight excluding hydrogens is 210 g/mol. The SMILES string of the molecule is CCNCc1ccccc1COCCC(C)C. The monoisotopic (exact) mass is 235 g/mol. The second-order valence-corrected chi connectivity index (χ2v) is 4.78. The van der Waals surface area contributed by atoms with E-state index in [1.165, 1.54) is 11.1 Å². The Labute approximate surface area is 105 Å². The molecule has 1 aromatic carbocycles. The fourth-order valence-corrected chi connectivity index (χ4v) is 1.63. The van der Waals surface area contributed by atoms with Crippen LogP contribution in [0.5, 0.6) is 0 Å². The summed E-state index contributed by atoms with van der Waals surface area (Å²) >= 11 is 0. The van der Waals surface area contributed by atoms with Crippen molar-refractivity contribution in [2.24, 2.45) is 5.92 Å². The van der Waals surface area contributed by atoms with Gasteiger partial charge in [-0.15, -0.1) is 0 Å². The molecule has 0 bridgehead atoms. The first-order valence-corrected chi connectivity index (χ1v) is 6.59. The van der Waals surface area contributed by atoms with E-state index >= 15 is 0 Å². The second kappa shape index (κ2) is 8.26. The van der Waals surface area contributed by atoms with Crippen molar-refractivity contribution in [2.45, 2.75) is 40.3 Å². The van der Waals surface area contributed by atoms with E-state index in [0.29, 0.717) is 5.92 Å². The highest BCUT2D eigenvalue weighted by atomic mass is 16.5. The molecule has 0 aliphatic rings. The van der Waals surface area contributed by atoms with Crippen LogP contribution in [0.4, 0.5) is 0 Å². The minimum absolute atomic E-state index is 0.715. The zero-order valence-corrected chi connectivity index (χ0v) is 11.3. The van der Waals surface area contributed by atoms with E-state index in [1.807, 2.05) is 0 Å². The smallest absolute Gasteiger partial charge is 0.0720 e. The number of hydrogen-bond acceptors (Lipinski definition) is 2. The molecule has 0 amide bonds. The Morgan fingerprint density at radius 2 is 1.88 bits per heavy atom. The fourth-order valence-electron chi connectivity index (χ4n) is 1.63. The van der Waals surface area contributed by atoms with Gasteiger partial charge in [0, 0.05) is 13.2 Å². The van der Waals surface area contributed by atoms with Crippen molar-refractivity contribution in [3.63, 3.8) is 0 Å². The van der Waals surface area contributed by atoms with Gasteiger partial charge in [-0.25, -0.2) is 0 Å². The van der Waals surface area contributed by atoms with Gasteiger partial charge >= 0.3 is 0 Å². The van der Waals surface area contributed by atoms with Crippen LogP contribution in [0.2, 0.25) is 0 Å². The number of rotatable bonds is 8. The van der Waals surface area contributed by atoms with Gasteiger partial charge in [-0.05, 0) is 30.0 Å². The molecule has 0 saturated heterocycles. The average Bonchev–Trinajstić information content (AvgIpc) is 2.33. The maximum atomic E-state index is 5.72. The Morgan fingerprint density at radius 1 is 1.18 bits per heavy atom. The molecule has 0 aliphatic heterocycles. The van der Waals surface area contributed by atoms with E-state index in [4.69, 9.17) is 4.74 Å². The second-order valence-electron chi connectivity index (χ2n) is 4.78. The lowest BCUT2D eigenvalue weighted by atomic mass is 10.1. The Balaban J connectivity index is 2.40. The highest BCUT2D eigenvalue weighted by molar-refractivity contribution is 5.26. The van der Waals surface area contributed by atoms with Gasteiger partial charge in [0.1, 0.15) is 0 Å². The molecule has 2 nitrogen and oxygen atoms in total. The van der Waals surface area contributed by atoms with Crippen molar-refractivity contribution >= 4 is 0 Å². The molecule has 0 unspecified atom stereocenters. The third kappa shape index (κ3) is 5.85. The van der Waals surface area contributed by atoms with E-state index in [2.05, 4.69) is 50.4 Å². The van der Waals surface area contributed by atoms with E-state index in [1.54, 1.807) is 0 Å². The van der Waals surface area contributed by atoms with Crippen molar-refractivity contribution in [3.05, 3.63) is 35.4 Å². The lowest BCUT2D eigenvalue weighted by Crippen LogP contribution is -2.13. The first kappa shape index (κ1) is 14.2. The molecule has 0 atom stereocenters. The molecule has 96 valence electrons. The molecule has 2 heteroatoms. The Morgan fingerprint density at radius 3 is 2.53 bits per heavy atom. The third-order valence-corrected chi connectivity index (χ3v) is 2.78. The van der Waals surface area contributed by atoms with Crippen LogP contribution in [0.25, 0.3) is 0 Å². The van der Waals surface area contributed by atoms with Crippen LogP contribution in [-0.4, -0.2) is 13.2 Å². The predicted molar refractivity (Wildman–Crippen MR) is 72.9 cm³/mol. The van der Waals surface area contributed by atoms with Gasteiger partial charge in [-0.2, -0.15) is 0 Å². The zero-order valence-electron chi connectivity index (χ0n) is 11.3. The first-order valence-electron chi connectivity index (χ1n) is 6.59. The molecule has 1 aromatic rings. The van der Waals surface area contributed by atoms with Gasteiger partial charge in [-0.3, -0.25) is 0 Å². The van der Waals surface area contributed by atoms with Crippen LogP contribution >= 0.6 is 0 Å². The summed E-state index contributed by atoms with van der Waals surface area (Å²) in [6, 6.07) is 8.49. The topological polar surface area (TPSA) is 21.3 Å². The molecule has 0 spiro atoms. The standard InChI is InChI=1S/C15H25NO/c1-4-16-11-14-7-5-6-8-15(14)12-17-10-9-13(2)3/h5-8,13,16H,4,9-12H2,1-3H3. The zero-order chi connectivity index (χ0) is 12.5. The summed E-state index contributed by atoms with van der Waals surface area (Å²) in [5.74, 6) is 0.715. The van der Waals surface area contributed by atoms with Gasteiger partial charge in [-0.1, -0.05) is 45.0 Å². The first-order chi connectivity index (χ1) is 8.24. The van der Waals surface area contributed by atoms with Crippen LogP contribution < -0.4 is 5.32 Å². The highest BCUT2D eigenvalue weighted by Gasteiger charge is 2.01. The van der Waals surface area contributed by atoms with Crippen molar-refractivity contribution in [1.82, 2.24) is 5.32 Å². The minimum atomic E-state index is 0.715. The molecule has 0 heterocycles. The number of benzene rings is 1. The van der Waals surface area contributed by atoms with Crippen LogP contribution in [0.3, 0.4) is 0 Å². The van der Waals surface area contributed by atoms with Crippen molar-refractivity contribution in [1.29, 1.82) is 0 Å². The molecule has 0 aliphatic carbocycles. The van der Waals surface area contributed by atoms with Gasteiger partial charge in [0.05, 0.1) is 6.61 Å². The van der Waals surface area contributed by atoms with Crippen molar-refractivity contribution in [2.75, 3.05) is 13.2 Å². The van der Waals surface area contributed by atoms with Crippen molar-refractivity contribution < 1.29 is 4.74 Å². The Kier molecular flexibility index (Phi) is 6.90. The van der Waals surface area contributed by atoms with E-state index in [-0.39, 0.29) is 0 Å². The lowest BCUT2D eigenvalue weighted by Gasteiger charge is -2.11. The third-order valence-electron chi connectivity index (χ3n) is 2.78. The van der Waals surface area contributed by atoms with Crippen molar-refractivity contribution in [3.8, 4) is 0 Å². The molecular formula is C15H25NO. The van der Waals surface area contributed by atoms with E-state index in [9.17, 15) is 0 Å². The molecule has 1 N–H and O–H groups in total. The van der Waals surface area contributed by atoms with Gasteiger partial charge in [0.2, 0.25) is 0 Å². The summed E-state index contributed by atoms with van der Waals surface area (Å²) in [5.41, 5.74) is 2.65. The van der Waals surface area contributed by atoms with Gasteiger partial charge in [0.25, 0.3) is 0 Å². The van der Waals surface area contributed by atoms with E-state index < -0.39 is 0 Å². The van der Waals surface area contributed by atoms with Gasteiger partial charge in [0.15, 0.2) is 0 Å². The van der Waals surface area contributed by atoms with Crippen LogP contribution in [-0.2, 0) is 17.9 Å². The fraction of sp³-hybridized carbons (Fsp3) is 0.600. The maximum Gasteiger partial charge on any atom is 0.0720 e. The summed E-state index contributed by atoms with van der Waals surface area (Å²) < 4.78 is 5.72. The average molecular weight is 235 g/mol. The molecule has 0 radical (unpaired) electrons. The molecule has 17 heavy (non-hydrogen) atoms. The quantitative estimate of drug-likeness (QED) is 0.698. The lowest BCUT2D eigenvalue weighted by molar-refractivity contribution is 0.110. The highest BCUT2D eigenvalue weighted by Crippen LogP contribution is 2.10. The van der Waals surface area contributed by atoms with Crippen LogP contribution in [0.1, 0.15) is 38.3 Å². The number of nitrogens with one attached hydrogen (secondary N) is 1. The largest absolute Gasteiger partial charge is 0.377 e. The number of hydrogen-bond donors (Lipinski definition) is 1. The van der Waals surface area contributed by atoms with Crippen LogP contribution in [0.15, 0.2) is 24.3 Å². The number of ether oxygens (including phenoxy) is 1. The summed E-state index contributed by atoms with van der Waals surface area (Å²) in [6.45, 7) is 10.1.